The van der Waals surface area contributed by atoms with E-state index in [1.807, 2.05) is 24.3 Å². The molecule has 1 atom stereocenters. The number of fused-ring (bicyclic) bond motifs is 1. The number of methoxy groups -OCH3 is 1. The maximum Gasteiger partial charge on any atom is 0.338 e. The number of carbonyl (C=O) groups excluding carboxylic acids is 1. The van der Waals surface area contributed by atoms with Crippen molar-refractivity contribution in [2.45, 2.75) is 26.5 Å². The van der Waals surface area contributed by atoms with Gasteiger partial charge in [0, 0.05) is 0 Å². The Morgan fingerprint density at radius 2 is 1.88 bits per heavy atom. The van der Waals surface area contributed by atoms with Gasteiger partial charge >= 0.3 is 11.9 Å². The molecule has 5 rings (SSSR count). The van der Waals surface area contributed by atoms with Gasteiger partial charge in [-0.25, -0.2) is 14.6 Å². The van der Waals surface area contributed by atoms with E-state index in [9.17, 15) is 14.4 Å². The first kappa shape index (κ1) is 30.0. The van der Waals surface area contributed by atoms with Crippen LogP contribution in [0.5, 0.6) is 11.5 Å². The number of thiazole rings is 1. The Labute approximate surface area is 259 Å². The number of nitrogens with zero attached hydrogens (tertiary/aromatic N) is 2. The van der Waals surface area contributed by atoms with E-state index in [1.54, 1.807) is 57.4 Å². The van der Waals surface area contributed by atoms with Gasteiger partial charge in [0.15, 0.2) is 4.80 Å². The Bertz CT molecular complexity index is 1930. The van der Waals surface area contributed by atoms with E-state index in [4.69, 9.17) is 19.3 Å². The van der Waals surface area contributed by atoms with Gasteiger partial charge in [0.25, 0.3) is 5.56 Å². The second-order valence-corrected chi connectivity index (χ2v) is 11.4. The van der Waals surface area contributed by atoms with Crippen molar-refractivity contribution >= 4 is 45.3 Å². The van der Waals surface area contributed by atoms with E-state index >= 15 is 0 Å². The zero-order valence-electron chi connectivity index (χ0n) is 23.5. The number of rotatable bonds is 9. The van der Waals surface area contributed by atoms with Crippen molar-refractivity contribution in [2.24, 2.45) is 4.99 Å². The van der Waals surface area contributed by atoms with Gasteiger partial charge in [-0.05, 0) is 88.9 Å². The number of aromatic carboxylic acids is 1. The molecule has 0 unspecified atom stereocenters. The summed E-state index contributed by atoms with van der Waals surface area (Å²) in [5.41, 5.74) is 3.00. The van der Waals surface area contributed by atoms with E-state index in [0.29, 0.717) is 42.1 Å². The van der Waals surface area contributed by atoms with Gasteiger partial charge in [-0.15, -0.1) is 0 Å². The van der Waals surface area contributed by atoms with Crippen LogP contribution in [0.3, 0.4) is 0 Å². The van der Waals surface area contributed by atoms with Gasteiger partial charge in [0.05, 0.1) is 45.6 Å². The summed E-state index contributed by atoms with van der Waals surface area (Å²) in [5, 5.41) is 9.08. The molecule has 0 radical (unpaired) electrons. The van der Waals surface area contributed by atoms with Crippen LogP contribution in [0.2, 0.25) is 0 Å². The number of halogens is 1. The van der Waals surface area contributed by atoms with E-state index < -0.39 is 18.0 Å². The smallest absolute Gasteiger partial charge is 0.338 e. The van der Waals surface area contributed by atoms with Crippen LogP contribution in [0.25, 0.3) is 6.08 Å². The van der Waals surface area contributed by atoms with E-state index in [2.05, 4.69) is 20.9 Å². The number of carboxylic acid groups (broad SMARTS) is 1. The molecule has 0 amide bonds. The highest BCUT2D eigenvalue weighted by atomic mass is 79.9. The fraction of sp³-hybridized carbons (Fsp3) is 0.188. The molecular formula is C32H27BrN2O7S. The van der Waals surface area contributed by atoms with Crippen LogP contribution in [0, 0.1) is 0 Å². The zero-order valence-corrected chi connectivity index (χ0v) is 25.9. The number of allylic oxidation sites excluding steroid dienone is 1. The van der Waals surface area contributed by atoms with Crippen LogP contribution in [0.1, 0.15) is 46.9 Å². The Balaban J connectivity index is 1.49. The van der Waals surface area contributed by atoms with Crippen molar-refractivity contribution in [3.8, 4) is 11.5 Å². The van der Waals surface area contributed by atoms with Crippen LogP contribution in [0.4, 0.5) is 0 Å². The lowest BCUT2D eigenvalue weighted by molar-refractivity contribution is -0.139. The highest BCUT2D eigenvalue weighted by molar-refractivity contribution is 9.10. The molecule has 0 bridgehead atoms. The van der Waals surface area contributed by atoms with Gasteiger partial charge in [-0.3, -0.25) is 9.36 Å². The fourth-order valence-electron chi connectivity index (χ4n) is 4.70. The SMILES string of the molecule is CCOC(=O)C1=C(C)N=c2s/c(=C/c3ccc(OCc4ccc(C(=O)O)cc4)c(Br)c3)c(=O)n2[C@@H]1c1cccc(OC)c1. The molecule has 0 fully saturated rings. The lowest BCUT2D eigenvalue weighted by Gasteiger charge is -2.25. The third kappa shape index (κ3) is 6.32. The van der Waals surface area contributed by atoms with Crippen molar-refractivity contribution < 1.29 is 28.9 Å². The molecular weight excluding hydrogens is 636 g/mol. The topological polar surface area (TPSA) is 116 Å². The monoisotopic (exact) mass is 662 g/mol. The quantitative estimate of drug-likeness (QED) is 0.255. The molecule has 1 N–H and O–H groups in total. The highest BCUT2D eigenvalue weighted by Crippen LogP contribution is 2.32. The largest absolute Gasteiger partial charge is 0.497 e. The number of hydrogen-bond donors (Lipinski definition) is 1. The molecule has 2 heterocycles. The fourth-order valence-corrected chi connectivity index (χ4v) is 6.26. The minimum absolute atomic E-state index is 0.191. The summed E-state index contributed by atoms with van der Waals surface area (Å²) >= 11 is 4.79. The first-order chi connectivity index (χ1) is 20.7. The molecule has 11 heteroatoms. The van der Waals surface area contributed by atoms with Gasteiger partial charge in [0.1, 0.15) is 18.1 Å². The van der Waals surface area contributed by atoms with E-state index in [-0.39, 0.29) is 24.3 Å². The second-order valence-electron chi connectivity index (χ2n) is 9.56. The van der Waals surface area contributed by atoms with E-state index in [1.165, 1.54) is 28.0 Å². The lowest BCUT2D eigenvalue weighted by atomic mass is 9.95. The zero-order chi connectivity index (χ0) is 30.7. The van der Waals surface area contributed by atoms with Crippen LogP contribution in [0.15, 0.2) is 92.3 Å². The third-order valence-electron chi connectivity index (χ3n) is 6.78. The first-order valence-corrected chi connectivity index (χ1v) is 14.9. The molecule has 1 aliphatic heterocycles. The number of ether oxygens (including phenoxy) is 3. The maximum absolute atomic E-state index is 13.9. The van der Waals surface area contributed by atoms with Gasteiger partial charge in [-0.2, -0.15) is 0 Å². The second kappa shape index (κ2) is 12.8. The van der Waals surface area contributed by atoms with Crippen LogP contribution < -0.4 is 24.4 Å². The molecule has 220 valence electrons. The van der Waals surface area contributed by atoms with Gasteiger partial charge in [0.2, 0.25) is 0 Å². The molecule has 4 aromatic rings. The predicted molar refractivity (Wildman–Crippen MR) is 165 cm³/mol. The summed E-state index contributed by atoms with van der Waals surface area (Å²) in [6.07, 6.45) is 1.77. The number of aromatic nitrogens is 1. The van der Waals surface area contributed by atoms with Crippen LogP contribution >= 0.6 is 27.3 Å². The van der Waals surface area contributed by atoms with Crippen molar-refractivity contribution in [3.05, 3.63) is 124 Å². The summed E-state index contributed by atoms with van der Waals surface area (Å²) in [5.74, 6) is -0.317. The van der Waals surface area contributed by atoms with Gasteiger partial charge < -0.3 is 19.3 Å². The minimum Gasteiger partial charge on any atom is -0.497 e. The summed E-state index contributed by atoms with van der Waals surface area (Å²) < 4.78 is 19.4. The molecule has 9 nitrogen and oxygen atoms in total. The Morgan fingerprint density at radius 3 is 2.56 bits per heavy atom. The molecule has 43 heavy (non-hydrogen) atoms. The standard InChI is InChI=1S/C32H27BrN2O7S/c1-4-41-31(39)27-18(2)34-32-35(28(27)22-6-5-7-23(16-22)40-3)29(36)26(43-32)15-20-10-13-25(24(33)14-20)42-17-19-8-11-21(12-9-19)30(37)38/h5-16,28H,4,17H2,1-3H3,(H,37,38)/b26-15+/t28-/m1/s1. The van der Waals surface area contributed by atoms with E-state index in [0.717, 1.165) is 11.1 Å². The molecule has 0 spiro atoms. The Hall–Kier alpha value is -4.48. The van der Waals surface area contributed by atoms with Crippen LogP contribution in [-0.2, 0) is 16.1 Å². The Morgan fingerprint density at radius 1 is 1.12 bits per heavy atom. The number of carboxylic acids is 1. The molecule has 1 aliphatic rings. The average molecular weight is 664 g/mol. The molecule has 0 aliphatic carbocycles. The normalized spacial score (nSPS) is 14.6. The summed E-state index contributed by atoms with van der Waals surface area (Å²) in [6.45, 7) is 3.92. The first-order valence-electron chi connectivity index (χ1n) is 13.3. The van der Waals surface area contributed by atoms with Crippen molar-refractivity contribution in [3.63, 3.8) is 0 Å². The molecule has 0 saturated carbocycles. The summed E-state index contributed by atoms with van der Waals surface area (Å²) in [4.78, 5) is 43.1. The van der Waals surface area contributed by atoms with Crippen LogP contribution in [-0.4, -0.2) is 35.3 Å². The summed E-state index contributed by atoms with van der Waals surface area (Å²) in [6, 6.07) is 18.5. The van der Waals surface area contributed by atoms with Crippen molar-refractivity contribution in [1.82, 2.24) is 4.57 Å². The molecule has 0 saturated heterocycles. The summed E-state index contributed by atoms with van der Waals surface area (Å²) in [7, 11) is 1.56. The van der Waals surface area contributed by atoms with Crippen molar-refractivity contribution in [1.29, 1.82) is 0 Å². The number of carbonyl (C=O) groups is 2. The average Bonchev–Trinajstić information content (AvgIpc) is 3.30. The molecule has 1 aromatic heterocycles. The minimum atomic E-state index is -0.983. The number of hydrogen-bond acceptors (Lipinski definition) is 8. The number of benzene rings is 3. The van der Waals surface area contributed by atoms with Crippen molar-refractivity contribution in [2.75, 3.05) is 13.7 Å². The Kier molecular flexibility index (Phi) is 8.93. The number of esters is 1. The maximum atomic E-state index is 13.9. The molecule has 3 aromatic carbocycles. The van der Waals surface area contributed by atoms with Gasteiger partial charge in [-0.1, -0.05) is 41.7 Å². The third-order valence-corrected chi connectivity index (χ3v) is 8.38. The highest BCUT2D eigenvalue weighted by Gasteiger charge is 2.33. The lowest BCUT2D eigenvalue weighted by Crippen LogP contribution is -2.39. The predicted octanol–water partition coefficient (Wildman–Crippen LogP) is 4.85.